The first-order valence-electron chi connectivity index (χ1n) is 16.3. The van der Waals surface area contributed by atoms with Gasteiger partial charge in [0, 0.05) is 74.6 Å². The van der Waals surface area contributed by atoms with Crippen LogP contribution >= 0.6 is 0 Å². The first-order valence-corrected chi connectivity index (χ1v) is 16.3. The highest BCUT2D eigenvalue weighted by Crippen LogP contribution is 2.33. The SMILES string of the molecule is CCCN1CCC(C(=O)Nc2ccc(CN(C)C3CCOCC3)cc2)=Cc2cc(-c3ccc(N4CCOCC4)cc3)ccc21. The van der Waals surface area contributed by atoms with Gasteiger partial charge >= 0.3 is 0 Å². The van der Waals surface area contributed by atoms with E-state index >= 15 is 0 Å². The summed E-state index contributed by atoms with van der Waals surface area (Å²) in [6.07, 6.45) is 6.03. The molecule has 6 rings (SSSR count). The van der Waals surface area contributed by atoms with Crippen molar-refractivity contribution in [3.05, 3.63) is 83.4 Å². The van der Waals surface area contributed by atoms with Gasteiger partial charge in [0.05, 0.1) is 13.2 Å². The molecule has 3 aliphatic heterocycles. The Balaban J connectivity index is 1.16. The van der Waals surface area contributed by atoms with E-state index in [1.165, 1.54) is 22.5 Å². The van der Waals surface area contributed by atoms with Crippen LogP contribution in [0.3, 0.4) is 0 Å². The number of hydrogen-bond acceptors (Lipinski definition) is 6. The molecule has 0 spiro atoms. The topological polar surface area (TPSA) is 57.3 Å². The number of carbonyl (C=O) groups is 1. The zero-order chi connectivity index (χ0) is 30.3. The second-order valence-corrected chi connectivity index (χ2v) is 12.2. The van der Waals surface area contributed by atoms with Crippen LogP contribution in [0.2, 0.25) is 0 Å². The molecule has 2 saturated heterocycles. The van der Waals surface area contributed by atoms with Crippen LogP contribution in [-0.4, -0.2) is 76.5 Å². The summed E-state index contributed by atoms with van der Waals surface area (Å²) in [5.74, 6) is -0.0263. The number of amides is 1. The number of benzene rings is 3. The van der Waals surface area contributed by atoms with Crippen LogP contribution in [0, 0.1) is 0 Å². The summed E-state index contributed by atoms with van der Waals surface area (Å²) in [6, 6.07) is 24.4. The van der Waals surface area contributed by atoms with Crippen molar-refractivity contribution in [1.29, 1.82) is 0 Å². The molecule has 7 heteroatoms. The lowest BCUT2D eigenvalue weighted by Gasteiger charge is -2.31. The Morgan fingerprint density at radius 1 is 0.886 bits per heavy atom. The van der Waals surface area contributed by atoms with Crippen LogP contribution in [0.1, 0.15) is 43.7 Å². The molecule has 3 aromatic rings. The van der Waals surface area contributed by atoms with Crippen LogP contribution in [0.4, 0.5) is 17.1 Å². The highest BCUT2D eigenvalue weighted by Gasteiger charge is 2.21. The maximum absolute atomic E-state index is 13.6. The minimum atomic E-state index is -0.0263. The lowest BCUT2D eigenvalue weighted by molar-refractivity contribution is -0.112. The lowest BCUT2D eigenvalue weighted by atomic mass is 9.99. The third-order valence-corrected chi connectivity index (χ3v) is 9.17. The minimum Gasteiger partial charge on any atom is -0.381 e. The van der Waals surface area contributed by atoms with E-state index in [4.69, 9.17) is 9.47 Å². The molecule has 44 heavy (non-hydrogen) atoms. The van der Waals surface area contributed by atoms with E-state index < -0.39 is 0 Å². The summed E-state index contributed by atoms with van der Waals surface area (Å²) in [5, 5.41) is 3.18. The van der Waals surface area contributed by atoms with E-state index in [0.717, 1.165) is 101 Å². The molecule has 0 aromatic heterocycles. The van der Waals surface area contributed by atoms with Gasteiger partial charge < -0.3 is 24.6 Å². The van der Waals surface area contributed by atoms with E-state index in [1.807, 2.05) is 12.1 Å². The molecule has 0 aliphatic carbocycles. The summed E-state index contributed by atoms with van der Waals surface area (Å²) in [7, 11) is 2.19. The van der Waals surface area contributed by atoms with Crippen molar-refractivity contribution in [2.75, 3.05) is 74.8 Å². The fourth-order valence-electron chi connectivity index (χ4n) is 6.59. The molecular formula is C37H46N4O3. The molecule has 0 bridgehead atoms. The number of rotatable bonds is 9. The van der Waals surface area contributed by atoms with Gasteiger partial charge in [0.1, 0.15) is 0 Å². The Morgan fingerprint density at radius 2 is 1.59 bits per heavy atom. The van der Waals surface area contributed by atoms with Crippen LogP contribution in [-0.2, 0) is 20.8 Å². The third kappa shape index (κ3) is 7.34. The van der Waals surface area contributed by atoms with Gasteiger partial charge in [-0.2, -0.15) is 0 Å². The summed E-state index contributed by atoms with van der Waals surface area (Å²) in [6.45, 7) is 10.0. The molecule has 0 unspecified atom stereocenters. The average molecular weight is 595 g/mol. The van der Waals surface area contributed by atoms with E-state index in [9.17, 15) is 4.79 Å². The number of carbonyl (C=O) groups excluding carboxylic acids is 1. The van der Waals surface area contributed by atoms with Gasteiger partial charge in [0.2, 0.25) is 0 Å². The second-order valence-electron chi connectivity index (χ2n) is 12.2. The fourth-order valence-corrected chi connectivity index (χ4v) is 6.59. The standard InChI is InChI=1S/C37H46N4O3/c1-3-17-41-18-14-31(37(42)38-33-9-4-28(5-10-33)27-39(2)34-15-21-43-22-16-34)26-32-25-30(8-13-36(32)41)29-6-11-35(12-7-29)40-19-23-44-24-20-40/h4-13,25-26,34H,3,14-24,27H2,1-2H3,(H,38,42). The zero-order valence-corrected chi connectivity index (χ0v) is 26.3. The normalized spacial score (nSPS) is 17.7. The van der Waals surface area contributed by atoms with Crippen molar-refractivity contribution in [2.45, 2.75) is 45.2 Å². The van der Waals surface area contributed by atoms with Crippen LogP contribution in [0.25, 0.3) is 17.2 Å². The van der Waals surface area contributed by atoms with Gasteiger partial charge in [-0.15, -0.1) is 0 Å². The molecule has 2 fully saturated rings. The van der Waals surface area contributed by atoms with Gasteiger partial charge in [0.15, 0.2) is 0 Å². The summed E-state index contributed by atoms with van der Waals surface area (Å²) < 4.78 is 11.0. The molecule has 3 aliphatic rings. The Morgan fingerprint density at radius 3 is 2.32 bits per heavy atom. The maximum atomic E-state index is 13.6. The second kappa shape index (κ2) is 14.4. The summed E-state index contributed by atoms with van der Waals surface area (Å²) in [4.78, 5) is 20.8. The number of ether oxygens (including phenoxy) is 2. The molecule has 3 aromatic carbocycles. The first kappa shape index (κ1) is 30.4. The molecule has 0 atom stereocenters. The number of morpholine rings is 1. The third-order valence-electron chi connectivity index (χ3n) is 9.17. The van der Waals surface area contributed by atoms with E-state index in [2.05, 4.69) is 94.7 Å². The highest BCUT2D eigenvalue weighted by molar-refractivity contribution is 6.07. The molecule has 7 nitrogen and oxygen atoms in total. The molecule has 232 valence electrons. The average Bonchev–Trinajstić information content (AvgIpc) is 3.26. The van der Waals surface area contributed by atoms with Gasteiger partial charge in [-0.3, -0.25) is 9.69 Å². The minimum absolute atomic E-state index is 0.0263. The van der Waals surface area contributed by atoms with Crippen molar-refractivity contribution in [1.82, 2.24) is 4.90 Å². The van der Waals surface area contributed by atoms with Gasteiger partial charge in [-0.25, -0.2) is 0 Å². The molecule has 1 N–H and O–H groups in total. The van der Waals surface area contributed by atoms with E-state index in [1.54, 1.807) is 0 Å². The molecule has 0 radical (unpaired) electrons. The number of hydrogen-bond donors (Lipinski definition) is 1. The van der Waals surface area contributed by atoms with Gasteiger partial charge in [0.25, 0.3) is 5.91 Å². The summed E-state index contributed by atoms with van der Waals surface area (Å²) >= 11 is 0. The van der Waals surface area contributed by atoms with Crippen molar-refractivity contribution in [3.63, 3.8) is 0 Å². The van der Waals surface area contributed by atoms with Crippen molar-refractivity contribution in [2.24, 2.45) is 0 Å². The number of anilines is 3. The number of fused-ring (bicyclic) bond motifs is 1. The molecule has 0 saturated carbocycles. The van der Waals surface area contributed by atoms with Crippen LogP contribution in [0.15, 0.2) is 72.3 Å². The Kier molecular flexibility index (Phi) is 9.96. The largest absolute Gasteiger partial charge is 0.381 e. The fraction of sp³-hybridized carbons (Fsp3) is 0.432. The number of nitrogens with one attached hydrogen (secondary N) is 1. The van der Waals surface area contributed by atoms with Gasteiger partial charge in [-0.1, -0.05) is 37.3 Å². The Bertz CT molecular complexity index is 1420. The lowest BCUT2D eigenvalue weighted by Crippen LogP contribution is -2.36. The van der Waals surface area contributed by atoms with Crippen molar-refractivity contribution in [3.8, 4) is 11.1 Å². The zero-order valence-electron chi connectivity index (χ0n) is 26.3. The molecule has 3 heterocycles. The predicted molar refractivity (Wildman–Crippen MR) is 180 cm³/mol. The number of nitrogens with zero attached hydrogens (tertiary/aromatic N) is 3. The Labute approximate surface area is 262 Å². The van der Waals surface area contributed by atoms with Crippen molar-refractivity contribution < 1.29 is 14.3 Å². The summed E-state index contributed by atoms with van der Waals surface area (Å²) in [5.41, 5.74) is 8.76. The van der Waals surface area contributed by atoms with Gasteiger partial charge in [-0.05, 0) is 97.5 Å². The smallest absolute Gasteiger partial charge is 0.251 e. The quantitative estimate of drug-likeness (QED) is 0.308. The van der Waals surface area contributed by atoms with E-state index in [-0.39, 0.29) is 5.91 Å². The van der Waals surface area contributed by atoms with Crippen molar-refractivity contribution >= 4 is 29.0 Å². The van der Waals surface area contributed by atoms with Crippen LogP contribution < -0.4 is 15.1 Å². The predicted octanol–water partition coefficient (Wildman–Crippen LogP) is 6.44. The first-order chi connectivity index (χ1) is 21.6. The van der Waals surface area contributed by atoms with E-state index in [0.29, 0.717) is 12.5 Å². The monoisotopic (exact) mass is 594 g/mol. The van der Waals surface area contributed by atoms with Crippen LogP contribution in [0.5, 0.6) is 0 Å². The Hall–Kier alpha value is -3.65. The molecule has 1 amide bonds. The highest BCUT2D eigenvalue weighted by atomic mass is 16.5. The molecular weight excluding hydrogens is 548 g/mol. The maximum Gasteiger partial charge on any atom is 0.251 e.